The van der Waals surface area contributed by atoms with Gasteiger partial charge in [-0.3, -0.25) is 4.79 Å². The van der Waals surface area contributed by atoms with Crippen molar-refractivity contribution in [2.75, 3.05) is 23.8 Å². The lowest BCUT2D eigenvalue weighted by Gasteiger charge is -2.36. The minimum Gasteiger partial charge on any atom is -0.486 e. The van der Waals surface area contributed by atoms with E-state index in [1.54, 1.807) is 18.2 Å². The molecule has 2 aromatic rings. The van der Waals surface area contributed by atoms with Gasteiger partial charge in [-0.05, 0) is 49.2 Å². The van der Waals surface area contributed by atoms with Gasteiger partial charge in [0.1, 0.15) is 24.6 Å². The molecule has 1 aliphatic carbocycles. The van der Waals surface area contributed by atoms with E-state index in [1.165, 1.54) is 24.3 Å². The van der Waals surface area contributed by atoms with Gasteiger partial charge in [-0.1, -0.05) is 19.3 Å². The number of hydrogen-bond acceptors (Lipinski definition) is 4. The molecule has 158 valence electrons. The van der Waals surface area contributed by atoms with Crippen molar-refractivity contribution in [2.24, 2.45) is 0 Å². The number of ether oxygens (including phenoxy) is 2. The predicted molar refractivity (Wildman–Crippen MR) is 110 cm³/mol. The predicted octanol–water partition coefficient (Wildman–Crippen LogP) is 4.06. The molecule has 8 heteroatoms. The van der Waals surface area contributed by atoms with Crippen LogP contribution in [-0.2, 0) is 4.79 Å². The Labute approximate surface area is 173 Å². The van der Waals surface area contributed by atoms with Crippen LogP contribution in [0.2, 0.25) is 0 Å². The fourth-order valence-electron chi connectivity index (χ4n) is 3.85. The van der Waals surface area contributed by atoms with E-state index < -0.39 is 11.6 Å². The van der Waals surface area contributed by atoms with E-state index in [9.17, 15) is 14.0 Å². The molecule has 0 spiro atoms. The second-order valence-corrected chi connectivity index (χ2v) is 7.54. The van der Waals surface area contributed by atoms with Crippen LogP contribution in [0, 0.1) is 5.82 Å². The number of hydrogen-bond donors (Lipinski definition) is 3. The molecule has 1 saturated carbocycles. The lowest BCUT2D eigenvalue weighted by Crippen LogP contribution is -2.58. The summed E-state index contributed by atoms with van der Waals surface area (Å²) in [5.41, 5.74) is 0.0114. The maximum absolute atomic E-state index is 13.2. The second-order valence-electron chi connectivity index (χ2n) is 7.54. The van der Waals surface area contributed by atoms with Gasteiger partial charge in [0.05, 0.1) is 0 Å². The van der Waals surface area contributed by atoms with E-state index in [0.717, 1.165) is 19.3 Å². The summed E-state index contributed by atoms with van der Waals surface area (Å²) in [6.45, 7) is 0.953. The smallest absolute Gasteiger partial charge is 0.320 e. The van der Waals surface area contributed by atoms with Crippen LogP contribution in [0.5, 0.6) is 11.5 Å². The zero-order valence-corrected chi connectivity index (χ0v) is 16.5. The monoisotopic (exact) mass is 413 g/mol. The summed E-state index contributed by atoms with van der Waals surface area (Å²) >= 11 is 0. The summed E-state index contributed by atoms with van der Waals surface area (Å²) in [7, 11) is 0. The zero-order valence-electron chi connectivity index (χ0n) is 16.5. The average molecular weight is 413 g/mol. The van der Waals surface area contributed by atoms with E-state index in [1.807, 2.05) is 0 Å². The molecule has 7 nitrogen and oxygen atoms in total. The molecule has 2 aromatic carbocycles. The van der Waals surface area contributed by atoms with E-state index in [0.29, 0.717) is 48.9 Å². The molecule has 1 fully saturated rings. The van der Waals surface area contributed by atoms with E-state index in [2.05, 4.69) is 16.0 Å². The maximum atomic E-state index is 13.2. The first-order chi connectivity index (χ1) is 14.5. The average Bonchev–Trinajstić information content (AvgIpc) is 2.76. The molecule has 0 radical (unpaired) electrons. The fraction of sp³-hybridized carbons (Fsp3) is 0.364. The van der Waals surface area contributed by atoms with Crippen LogP contribution in [0.4, 0.5) is 20.6 Å². The van der Waals surface area contributed by atoms with Crippen LogP contribution >= 0.6 is 0 Å². The van der Waals surface area contributed by atoms with Crippen LogP contribution in [0.15, 0.2) is 42.5 Å². The van der Waals surface area contributed by atoms with Gasteiger partial charge >= 0.3 is 6.03 Å². The Morgan fingerprint density at radius 3 is 2.23 bits per heavy atom. The van der Waals surface area contributed by atoms with Gasteiger partial charge in [0.15, 0.2) is 11.5 Å². The third kappa shape index (κ3) is 4.48. The standard InChI is InChI=1S/C22H24FN3O4/c23-15-4-6-16(7-5-15)25-21(28)26-22(10-2-1-3-11-22)20(27)24-17-8-9-18-19(14-17)30-13-12-29-18/h4-9,14H,1-3,10-13H2,(H,24,27)(H2,25,26,28). The molecule has 0 aromatic heterocycles. The molecule has 1 heterocycles. The van der Waals surface area contributed by atoms with E-state index >= 15 is 0 Å². The molecule has 0 bridgehead atoms. The van der Waals surface area contributed by atoms with Crippen LogP contribution in [0.1, 0.15) is 32.1 Å². The Balaban J connectivity index is 1.47. The minimum absolute atomic E-state index is 0.270. The quantitative estimate of drug-likeness (QED) is 0.705. The molecular formula is C22H24FN3O4. The Hall–Kier alpha value is -3.29. The number of halogens is 1. The number of carbonyl (C=O) groups excluding carboxylic acids is 2. The number of benzene rings is 2. The first kappa shape index (κ1) is 20.0. The minimum atomic E-state index is -1.02. The maximum Gasteiger partial charge on any atom is 0.320 e. The van der Waals surface area contributed by atoms with Crippen molar-refractivity contribution in [3.05, 3.63) is 48.3 Å². The summed E-state index contributed by atoms with van der Waals surface area (Å²) in [5.74, 6) is 0.568. The highest BCUT2D eigenvalue weighted by Crippen LogP contribution is 2.34. The molecule has 0 unspecified atom stereocenters. The second kappa shape index (κ2) is 8.61. The number of carbonyl (C=O) groups is 2. The van der Waals surface area contributed by atoms with Gasteiger partial charge < -0.3 is 25.4 Å². The van der Waals surface area contributed by atoms with Crippen molar-refractivity contribution >= 4 is 23.3 Å². The van der Waals surface area contributed by atoms with Gasteiger partial charge in [-0.15, -0.1) is 0 Å². The lowest BCUT2D eigenvalue weighted by atomic mass is 9.81. The number of anilines is 2. The van der Waals surface area contributed by atoms with E-state index in [4.69, 9.17) is 9.47 Å². The number of urea groups is 1. The largest absolute Gasteiger partial charge is 0.486 e. The highest BCUT2D eigenvalue weighted by Gasteiger charge is 2.41. The van der Waals surface area contributed by atoms with E-state index in [-0.39, 0.29) is 11.7 Å². The van der Waals surface area contributed by atoms with Crippen molar-refractivity contribution in [1.29, 1.82) is 0 Å². The molecule has 4 rings (SSSR count). The van der Waals surface area contributed by atoms with Gasteiger partial charge in [0, 0.05) is 17.4 Å². The molecule has 3 amide bonds. The Morgan fingerprint density at radius 2 is 1.50 bits per heavy atom. The normalized spacial score (nSPS) is 17.0. The number of fused-ring (bicyclic) bond motifs is 1. The van der Waals surface area contributed by atoms with Gasteiger partial charge in [-0.25, -0.2) is 9.18 Å². The van der Waals surface area contributed by atoms with Crippen molar-refractivity contribution < 1.29 is 23.5 Å². The zero-order chi connectivity index (χ0) is 21.0. The van der Waals surface area contributed by atoms with Gasteiger partial charge in [0.25, 0.3) is 0 Å². The van der Waals surface area contributed by atoms with Gasteiger partial charge in [0.2, 0.25) is 5.91 Å². The van der Waals surface area contributed by atoms with Crippen LogP contribution in [0.25, 0.3) is 0 Å². The SMILES string of the molecule is O=C(Nc1ccc(F)cc1)NC1(C(=O)Nc2ccc3c(c2)OCCO3)CCCCC1. The summed E-state index contributed by atoms with van der Waals surface area (Å²) in [4.78, 5) is 25.8. The van der Waals surface area contributed by atoms with Crippen molar-refractivity contribution in [1.82, 2.24) is 5.32 Å². The summed E-state index contributed by atoms with van der Waals surface area (Å²) in [6.07, 6.45) is 3.78. The van der Waals surface area contributed by atoms with Crippen LogP contribution < -0.4 is 25.4 Å². The summed E-state index contributed by atoms with van der Waals surface area (Å²) < 4.78 is 24.2. The van der Waals surface area contributed by atoms with Crippen LogP contribution in [-0.4, -0.2) is 30.7 Å². The Kier molecular flexibility index (Phi) is 5.74. The van der Waals surface area contributed by atoms with Crippen molar-refractivity contribution in [2.45, 2.75) is 37.6 Å². The third-order valence-electron chi connectivity index (χ3n) is 5.40. The first-order valence-electron chi connectivity index (χ1n) is 10.1. The van der Waals surface area contributed by atoms with Crippen molar-refractivity contribution in [3.8, 4) is 11.5 Å². The molecule has 1 aliphatic heterocycles. The van der Waals surface area contributed by atoms with Crippen molar-refractivity contribution in [3.63, 3.8) is 0 Å². The molecule has 2 aliphatic rings. The highest BCUT2D eigenvalue weighted by atomic mass is 19.1. The Morgan fingerprint density at radius 1 is 0.833 bits per heavy atom. The molecular weight excluding hydrogens is 389 g/mol. The molecule has 3 N–H and O–H groups in total. The fourth-order valence-corrected chi connectivity index (χ4v) is 3.85. The topological polar surface area (TPSA) is 88.7 Å². The van der Waals surface area contributed by atoms with Gasteiger partial charge in [-0.2, -0.15) is 0 Å². The Bertz CT molecular complexity index is 926. The highest BCUT2D eigenvalue weighted by molar-refractivity contribution is 6.02. The molecule has 0 saturated heterocycles. The molecule has 0 atom stereocenters. The molecule has 30 heavy (non-hydrogen) atoms. The number of amides is 3. The summed E-state index contributed by atoms with van der Waals surface area (Å²) in [5, 5.41) is 8.45. The third-order valence-corrected chi connectivity index (χ3v) is 5.40. The van der Waals surface area contributed by atoms with Crippen LogP contribution in [0.3, 0.4) is 0 Å². The lowest BCUT2D eigenvalue weighted by molar-refractivity contribution is -0.123. The number of rotatable bonds is 4. The number of nitrogens with one attached hydrogen (secondary N) is 3. The first-order valence-corrected chi connectivity index (χ1v) is 10.1. The summed E-state index contributed by atoms with van der Waals surface area (Å²) in [6, 6.07) is 10.2.